The van der Waals surface area contributed by atoms with Crippen LogP contribution < -0.4 is 16.6 Å². The van der Waals surface area contributed by atoms with Gasteiger partial charge in [0.1, 0.15) is 0 Å². The normalized spacial score (nSPS) is 21.6. The molecule has 1 unspecified atom stereocenters. The fourth-order valence-electron chi connectivity index (χ4n) is 2.53. The fraction of sp³-hybridized carbons (Fsp3) is 0.538. The molecule has 5 heteroatoms. The predicted octanol–water partition coefficient (Wildman–Crippen LogP) is 1.68. The number of carbonyl (C=O) groups excluding carboxylic acids is 1. The molecule has 1 atom stereocenters. The Bertz CT molecular complexity index is 444. The largest absolute Gasteiger partial charge is 0.349 e. The second-order valence-corrected chi connectivity index (χ2v) is 5.47. The van der Waals surface area contributed by atoms with Crippen molar-refractivity contribution in [3.05, 3.63) is 24.0 Å². The third kappa shape index (κ3) is 2.46. The smallest absolute Gasteiger partial charge is 0.255 e. The van der Waals surface area contributed by atoms with Gasteiger partial charge in [0, 0.05) is 18.4 Å². The van der Waals surface area contributed by atoms with E-state index in [2.05, 4.69) is 29.6 Å². The Labute approximate surface area is 107 Å². The molecule has 5 nitrogen and oxygen atoms in total. The molecule has 4 N–H and O–H groups in total. The Morgan fingerprint density at radius 1 is 1.56 bits per heavy atom. The summed E-state index contributed by atoms with van der Waals surface area (Å²) in [5, 5.41) is 3.09. The summed E-state index contributed by atoms with van der Waals surface area (Å²) in [5.74, 6) is 5.28. The summed E-state index contributed by atoms with van der Waals surface area (Å²) in [5.41, 5.74) is 3.77. The monoisotopic (exact) mass is 248 g/mol. The second kappa shape index (κ2) is 4.94. The van der Waals surface area contributed by atoms with E-state index in [0.717, 1.165) is 19.3 Å². The van der Waals surface area contributed by atoms with E-state index in [9.17, 15) is 4.79 Å². The molecule has 0 aliphatic heterocycles. The van der Waals surface area contributed by atoms with Crippen molar-refractivity contribution in [1.82, 2.24) is 10.3 Å². The zero-order chi connectivity index (χ0) is 13.2. The Morgan fingerprint density at radius 3 is 2.94 bits per heavy atom. The van der Waals surface area contributed by atoms with E-state index in [1.807, 2.05) is 0 Å². The maximum atomic E-state index is 12.2. The maximum absolute atomic E-state index is 12.2. The van der Waals surface area contributed by atoms with Crippen LogP contribution in [0.1, 0.15) is 43.5 Å². The molecular weight excluding hydrogens is 228 g/mol. The summed E-state index contributed by atoms with van der Waals surface area (Å²) in [6.45, 7) is 4.38. The van der Waals surface area contributed by atoms with Gasteiger partial charge in [-0.3, -0.25) is 15.6 Å². The minimum Gasteiger partial charge on any atom is -0.349 e. The van der Waals surface area contributed by atoms with Gasteiger partial charge in [0.05, 0.1) is 11.3 Å². The zero-order valence-electron chi connectivity index (χ0n) is 10.9. The molecule has 1 aliphatic carbocycles. The topological polar surface area (TPSA) is 80.0 Å². The van der Waals surface area contributed by atoms with Gasteiger partial charge in [-0.05, 0) is 24.3 Å². The zero-order valence-corrected chi connectivity index (χ0v) is 10.9. The summed E-state index contributed by atoms with van der Waals surface area (Å²) in [4.78, 5) is 16.2. The number of aromatic nitrogens is 1. The standard InChI is InChI=1S/C13H20N4O/c1-13(2)6-3-4-11(13)16-12(18)9-8-15-7-5-10(9)17-14/h5,7-8,11H,3-4,6,14H2,1-2H3,(H,15,17)(H,16,18). The van der Waals surface area contributed by atoms with Crippen molar-refractivity contribution in [1.29, 1.82) is 0 Å². The van der Waals surface area contributed by atoms with Crippen LogP contribution in [0, 0.1) is 5.41 Å². The van der Waals surface area contributed by atoms with Crippen molar-refractivity contribution in [2.24, 2.45) is 11.3 Å². The van der Waals surface area contributed by atoms with Crippen molar-refractivity contribution in [2.45, 2.75) is 39.2 Å². The van der Waals surface area contributed by atoms with Crippen molar-refractivity contribution in [2.75, 3.05) is 5.43 Å². The average molecular weight is 248 g/mol. The molecule has 1 fully saturated rings. The number of hydrazine groups is 1. The summed E-state index contributed by atoms with van der Waals surface area (Å²) in [6.07, 6.45) is 6.47. The molecule has 0 radical (unpaired) electrons. The first kappa shape index (κ1) is 12.8. The van der Waals surface area contributed by atoms with Crippen molar-refractivity contribution < 1.29 is 4.79 Å². The van der Waals surface area contributed by atoms with Crippen molar-refractivity contribution >= 4 is 11.6 Å². The Hall–Kier alpha value is -1.62. The first-order chi connectivity index (χ1) is 8.54. The first-order valence-electron chi connectivity index (χ1n) is 6.26. The van der Waals surface area contributed by atoms with Gasteiger partial charge in [-0.2, -0.15) is 0 Å². The molecule has 0 aromatic carbocycles. The number of hydrogen-bond donors (Lipinski definition) is 3. The van der Waals surface area contributed by atoms with Crippen molar-refractivity contribution in [3.63, 3.8) is 0 Å². The minimum atomic E-state index is -0.115. The van der Waals surface area contributed by atoms with Crippen LogP contribution in [0.5, 0.6) is 0 Å². The van der Waals surface area contributed by atoms with E-state index < -0.39 is 0 Å². The molecule has 2 rings (SSSR count). The lowest BCUT2D eigenvalue weighted by atomic mass is 9.87. The predicted molar refractivity (Wildman–Crippen MR) is 70.9 cm³/mol. The van der Waals surface area contributed by atoms with Gasteiger partial charge in [0.25, 0.3) is 5.91 Å². The lowest BCUT2D eigenvalue weighted by Gasteiger charge is -2.28. The van der Waals surface area contributed by atoms with Crippen LogP contribution in [0.3, 0.4) is 0 Å². The number of nitrogen functional groups attached to an aromatic ring is 1. The van der Waals surface area contributed by atoms with Crippen LogP contribution in [0.4, 0.5) is 5.69 Å². The van der Waals surface area contributed by atoms with Gasteiger partial charge in [0.15, 0.2) is 0 Å². The molecule has 1 aliphatic rings. The minimum absolute atomic E-state index is 0.115. The number of nitrogens with zero attached hydrogens (tertiary/aromatic N) is 1. The Balaban J connectivity index is 2.13. The lowest BCUT2D eigenvalue weighted by molar-refractivity contribution is 0.0910. The van der Waals surface area contributed by atoms with Crippen LogP contribution in [0.2, 0.25) is 0 Å². The van der Waals surface area contributed by atoms with Crippen LogP contribution in [-0.2, 0) is 0 Å². The van der Waals surface area contributed by atoms with E-state index in [1.165, 1.54) is 6.20 Å². The highest BCUT2D eigenvalue weighted by Gasteiger charge is 2.35. The van der Waals surface area contributed by atoms with Crippen LogP contribution >= 0.6 is 0 Å². The molecule has 98 valence electrons. The lowest BCUT2D eigenvalue weighted by Crippen LogP contribution is -2.41. The quantitative estimate of drug-likeness (QED) is 0.561. The molecule has 1 aromatic rings. The highest BCUT2D eigenvalue weighted by molar-refractivity contribution is 5.99. The summed E-state index contributed by atoms with van der Waals surface area (Å²) in [6, 6.07) is 1.91. The molecular formula is C13H20N4O. The number of carbonyl (C=O) groups is 1. The van der Waals surface area contributed by atoms with E-state index in [4.69, 9.17) is 5.84 Å². The summed E-state index contributed by atoms with van der Waals surface area (Å²) in [7, 11) is 0. The molecule has 0 spiro atoms. The van der Waals surface area contributed by atoms with Gasteiger partial charge >= 0.3 is 0 Å². The number of rotatable bonds is 3. The number of amides is 1. The highest BCUT2D eigenvalue weighted by atomic mass is 16.1. The van der Waals surface area contributed by atoms with E-state index in [-0.39, 0.29) is 17.4 Å². The SMILES string of the molecule is CC1(C)CCCC1NC(=O)c1cnccc1NN. The van der Waals surface area contributed by atoms with Gasteiger partial charge in [-0.1, -0.05) is 20.3 Å². The van der Waals surface area contributed by atoms with Gasteiger partial charge in [-0.25, -0.2) is 0 Å². The number of hydrogen-bond acceptors (Lipinski definition) is 4. The molecule has 1 amide bonds. The number of nitrogens with one attached hydrogen (secondary N) is 2. The fourth-order valence-corrected chi connectivity index (χ4v) is 2.53. The molecule has 1 heterocycles. The van der Waals surface area contributed by atoms with E-state index in [1.54, 1.807) is 12.3 Å². The Kier molecular flexibility index (Phi) is 3.52. The maximum Gasteiger partial charge on any atom is 0.255 e. The molecule has 1 saturated carbocycles. The third-order valence-electron chi connectivity index (χ3n) is 3.78. The van der Waals surface area contributed by atoms with Gasteiger partial charge in [0.2, 0.25) is 0 Å². The molecule has 18 heavy (non-hydrogen) atoms. The van der Waals surface area contributed by atoms with Crippen LogP contribution in [0.15, 0.2) is 18.5 Å². The average Bonchev–Trinajstić information content (AvgIpc) is 2.68. The molecule has 0 bridgehead atoms. The highest BCUT2D eigenvalue weighted by Crippen LogP contribution is 2.37. The molecule has 0 saturated heterocycles. The van der Waals surface area contributed by atoms with Gasteiger partial charge in [-0.15, -0.1) is 0 Å². The number of anilines is 1. The van der Waals surface area contributed by atoms with E-state index in [0.29, 0.717) is 11.3 Å². The van der Waals surface area contributed by atoms with E-state index >= 15 is 0 Å². The number of nitrogens with two attached hydrogens (primary N) is 1. The second-order valence-electron chi connectivity index (χ2n) is 5.47. The van der Waals surface area contributed by atoms with Gasteiger partial charge < -0.3 is 10.7 Å². The van der Waals surface area contributed by atoms with Crippen LogP contribution in [-0.4, -0.2) is 16.9 Å². The summed E-state index contributed by atoms with van der Waals surface area (Å²) >= 11 is 0. The number of pyridine rings is 1. The molecule has 1 aromatic heterocycles. The van der Waals surface area contributed by atoms with Crippen molar-refractivity contribution in [3.8, 4) is 0 Å². The Morgan fingerprint density at radius 2 is 2.33 bits per heavy atom. The van der Waals surface area contributed by atoms with Crippen LogP contribution in [0.25, 0.3) is 0 Å². The first-order valence-corrected chi connectivity index (χ1v) is 6.26. The summed E-state index contributed by atoms with van der Waals surface area (Å²) < 4.78 is 0. The third-order valence-corrected chi connectivity index (χ3v) is 3.78.